The van der Waals surface area contributed by atoms with E-state index in [1.54, 1.807) is 0 Å². The summed E-state index contributed by atoms with van der Waals surface area (Å²) in [5.74, 6) is 0. The van der Waals surface area contributed by atoms with E-state index in [-0.39, 0.29) is 5.41 Å². The third-order valence-corrected chi connectivity index (χ3v) is 28.5. The lowest BCUT2D eigenvalue weighted by Gasteiger charge is -2.32. The molecule has 0 amide bonds. The number of hydrogen-bond donors (Lipinski definition) is 0. The lowest BCUT2D eigenvalue weighted by atomic mass is 9.70. The average Bonchev–Trinajstić information content (AvgIpc) is 1.50. The fraction of sp³-hybridized carbons (Fsp3) is 0.0690. The molecule has 0 atom stereocenters. The van der Waals surface area contributed by atoms with E-state index in [2.05, 4.69) is 468 Å². The third kappa shape index (κ3) is 10.3. The van der Waals surface area contributed by atoms with Crippen LogP contribution < -0.4 is 5.46 Å². The first kappa shape index (κ1) is 72.4. The van der Waals surface area contributed by atoms with Crippen molar-refractivity contribution in [2.75, 3.05) is 0 Å². The zero-order chi connectivity index (χ0) is 82.5. The number of nitrogens with zero attached hydrogens (tertiary/aromatic N) is 4. The van der Waals surface area contributed by atoms with E-state index in [4.69, 9.17) is 9.31 Å². The molecular formula is C116H80BBrN4O2. The molecule has 4 aliphatic carbocycles. The van der Waals surface area contributed by atoms with E-state index in [0.29, 0.717) is 0 Å². The van der Waals surface area contributed by atoms with Gasteiger partial charge in [0.15, 0.2) is 0 Å². The summed E-state index contributed by atoms with van der Waals surface area (Å²) in [4.78, 5) is 0. The summed E-state index contributed by atoms with van der Waals surface area (Å²) >= 11 is 3.57. The van der Waals surface area contributed by atoms with Crippen LogP contribution in [0.25, 0.3) is 166 Å². The minimum atomic E-state index is -0.426. The number of hydrogen-bond acceptors (Lipinski definition) is 2. The summed E-state index contributed by atoms with van der Waals surface area (Å²) < 4.78 is 23.8. The fourth-order valence-electron chi connectivity index (χ4n) is 22.0. The van der Waals surface area contributed by atoms with Crippen molar-refractivity contribution in [2.45, 2.75) is 49.7 Å². The second-order valence-electron chi connectivity index (χ2n) is 34.8. The predicted molar refractivity (Wildman–Crippen MR) is 518 cm³/mol. The molecule has 27 rings (SSSR count). The minimum absolute atomic E-state index is 0.390. The summed E-state index contributed by atoms with van der Waals surface area (Å²) in [5.41, 5.74) is 37.7. The first-order valence-corrected chi connectivity index (χ1v) is 43.9. The van der Waals surface area contributed by atoms with Gasteiger partial charge in [-0.05, 0) is 267 Å². The van der Waals surface area contributed by atoms with Gasteiger partial charge in [0.05, 0.1) is 66.2 Å². The van der Waals surface area contributed by atoms with Gasteiger partial charge in [-0.15, -0.1) is 0 Å². The first-order valence-electron chi connectivity index (χ1n) is 43.1. The molecule has 0 bridgehead atoms. The van der Waals surface area contributed by atoms with Crippen molar-refractivity contribution in [1.29, 1.82) is 0 Å². The number of aromatic nitrogens is 4. The van der Waals surface area contributed by atoms with Crippen LogP contribution in [0.15, 0.2) is 417 Å². The second kappa shape index (κ2) is 27.3. The molecule has 1 aliphatic heterocycles. The van der Waals surface area contributed by atoms with E-state index < -0.39 is 23.7 Å². The van der Waals surface area contributed by atoms with Gasteiger partial charge >= 0.3 is 7.12 Å². The molecule has 5 heterocycles. The van der Waals surface area contributed by atoms with Crippen molar-refractivity contribution >= 4 is 116 Å². The van der Waals surface area contributed by atoms with Crippen molar-refractivity contribution in [2.24, 2.45) is 0 Å². The van der Waals surface area contributed by atoms with E-state index in [1.807, 2.05) is 6.07 Å². The molecule has 5 aliphatic rings. The number of para-hydroxylation sites is 6. The van der Waals surface area contributed by atoms with Gasteiger partial charge in [0.2, 0.25) is 0 Å². The van der Waals surface area contributed by atoms with Crippen LogP contribution in [-0.4, -0.2) is 36.6 Å². The molecule has 22 aromatic rings. The van der Waals surface area contributed by atoms with Crippen LogP contribution >= 0.6 is 15.9 Å². The van der Waals surface area contributed by atoms with Crippen molar-refractivity contribution in [3.8, 4) is 78.4 Å². The maximum absolute atomic E-state index is 6.52. The molecule has 0 N–H and O–H groups in total. The number of rotatable bonds is 6. The van der Waals surface area contributed by atoms with Crippen LogP contribution in [-0.2, 0) is 20.1 Å². The highest BCUT2D eigenvalue weighted by molar-refractivity contribution is 9.10. The highest BCUT2D eigenvalue weighted by Crippen LogP contribution is 2.66. The molecule has 4 aromatic heterocycles. The highest BCUT2D eigenvalue weighted by Gasteiger charge is 2.55. The van der Waals surface area contributed by atoms with Crippen molar-refractivity contribution < 1.29 is 9.31 Å². The van der Waals surface area contributed by atoms with Gasteiger partial charge in [-0.3, -0.25) is 0 Å². The van der Waals surface area contributed by atoms with Crippen LogP contribution in [0.2, 0.25) is 0 Å². The Balaban J connectivity index is 0.000000113. The lowest BCUT2D eigenvalue weighted by molar-refractivity contribution is 0.00578. The Morgan fingerprint density at radius 3 is 0.847 bits per heavy atom. The summed E-state index contributed by atoms with van der Waals surface area (Å²) in [6.45, 7) is 8.46. The second-order valence-corrected chi connectivity index (χ2v) is 35.7. The molecule has 1 fully saturated rings. The van der Waals surface area contributed by atoms with Crippen molar-refractivity contribution in [1.82, 2.24) is 18.3 Å². The van der Waals surface area contributed by atoms with Gasteiger partial charge in [-0.2, -0.15) is 0 Å². The van der Waals surface area contributed by atoms with E-state index in [1.165, 1.54) is 199 Å². The van der Waals surface area contributed by atoms with Crippen LogP contribution in [0.4, 0.5) is 0 Å². The quantitative estimate of drug-likeness (QED) is 0.156. The summed E-state index contributed by atoms with van der Waals surface area (Å²) in [7, 11) is -0.426. The Hall–Kier alpha value is -14.4. The fourth-order valence-corrected chi connectivity index (χ4v) is 22.4. The third-order valence-electron chi connectivity index (χ3n) is 28.0. The van der Waals surface area contributed by atoms with Crippen LogP contribution in [0.1, 0.15) is 72.2 Å². The van der Waals surface area contributed by atoms with Crippen LogP contribution in [0.5, 0.6) is 0 Å². The molecule has 8 heteroatoms. The molecule has 2 spiro atoms. The minimum Gasteiger partial charge on any atom is -0.399 e. The predicted octanol–water partition coefficient (Wildman–Crippen LogP) is 28.9. The van der Waals surface area contributed by atoms with Gasteiger partial charge in [0, 0.05) is 70.3 Å². The number of halogens is 1. The molecule has 18 aromatic carbocycles. The molecule has 0 radical (unpaired) electrons. The Labute approximate surface area is 727 Å². The monoisotopic (exact) mass is 1650 g/mol. The smallest absolute Gasteiger partial charge is 0.399 e. The Bertz CT molecular complexity index is 8110. The maximum Gasteiger partial charge on any atom is 0.494 e. The standard InChI is InChI=1S/C55H34N2.C43H34BNO2.C18H12BrN/c1-3-15-37(16-4-1)56-51-26-14-10-22-42(51)44-31-35(27-29-52(44)56)36-28-30-53-45(32-36)46-33-43-41-21-9-13-25-49(41)55(50(43)34-54(46)57(53)38-17-5-2-6-18-38)47-23-11-7-19-39(47)40-20-8-12-24-48(40)55;1-41(2)42(3,4)47-44(46-41)27-22-23-39-33(24-27)34-25-32-31-18-10-13-21-37(31)43(38(32)26-40(34)45(39)28-14-6-5-7-15-28)35-19-11-8-16-29(35)30-17-9-12-20-36(30)43;19-13-10-11-18-16(12-13)15-8-4-5-9-17(15)20(18)14-6-2-1-3-7-14/h1-34H;5-26H,1-4H3;1-12H. The molecule has 0 unspecified atom stereocenters. The van der Waals surface area contributed by atoms with E-state index in [9.17, 15) is 0 Å². The average molecular weight is 1650 g/mol. The SMILES string of the molecule is Brc1ccc2c(c1)c1ccccc1n2-c1ccccc1.CC1(C)OB(c2ccc3c(c2)c2cc4c(cc2n3-c2ccccc2)C2(c3ccccc3-c3ccccc32)c2ccccc2-4)OC1(C)C.c1ccc(-n2c3ccccc3c3cc(-c4ccc5c(c4)c4cc6c(cc4n5-c4ccccc4)C4(c5ccccc5-c5ccccc54)c4ccccc4-6)ccc32)cc1. The van der Waals surface area contributed by atoms with Gasteiger partial charge < -0.3 is 27.6 Å². The molecular weight excluding hydrogens is 1570 g/mol. The molecule has 586 valence electrons. The summed E-state index contributed by atoms with van der Waals surface area (Å²) in [6.07, 6.45) is 0. The molecule has 124 heavy (non-hydrogen) atoms. The first-order chi connectivity index (χ1) is 60.9. The van der Waals surface area contributed by atoms with Gasteiger partial charge in [0.1, 0.15) is 0 Å². The highest BCUT2D eigenvalue weighted by atomic mass is 79.9. The normalized spacial score (nSPS) is 14.7. The van der Waals surface area contributed by atoms with Gasteiger partial charge in [-0.25, -0.2) is 0 Å². The van der Waals surface area contributed by atoms with Crippen molar-refractivity contribution in [3.05, 3.63) is 461 Å². The molecule has 1 saturated heterocycles. The van der Waals surface area contributed by atoms with Gasteiger partial charge in [0.25, 0.3) is 0 Å². The Kier molecular flexibility index (Phi) is 16.0. The van der Waals surface area contributed by atoms with Crippen LogP contribution in [0, 0.1) is 0 Å². The maximum atomic E-state index is 6.52. The number of benzene rings is 18. The zero-order valence-corrected chi connectivity index (χ0v) is 70.4. The summed E-state index contributed by atoms with van der Waals surface area (Å²) in [6, 6.07) is 152. The topological polar surface area (TPSA) is 38.2 Å². The van der Waals surface area contributed by atoms with E-state index in [0.717, 1.165) is 21.3 Å². The van der Waals surface area contributed by atoms with E-state index >= 15 is 0 Å². The molecule has 0 saturated carbocycles. The van der Waals surface area contributed by atoms with Gasteiger partial charge in [-0.1, -0.05) is 295 Å². The number of fused-ring (bicyclic) bond motifs is 32. The largest absolute Gasteiger partial charge is 0.494 e. The Morgan fingerprint density at radius 2 is 0.476 bits per heavy atom. The lowest BCUT2D eigenvalue weighted by Crippen LogP contribution is -2.41. The zero-order valence-electron chi connectivity index (χ0n) is 68.8. The van der Waals surface area contributed by atoms with Crippen molar-refractivity contribution in [3.63, 3.8) is 0 Å². The Morgan fingerprint density at radius 1 is 0.210 bits per heavy atom. The molecule has 6 nitrogen and oxygen atoms in total. The summed E-state index contributed by atoms with van der Waals surface area (Å²) in [5, 5.41) is 10.0. The van der Waals surface area contributed by atoms with Crippen LogP contribution in [0.3, 0.4) is 0 Å².